The van der Waals surface area contributed by atoms with Crippen molar-refractivity contribution in [2.45, 2.75) is 51.4 Å². The fourth-order valence-electron chi connectivity index (χ4n) is 4.82. The zero-order valence-electron chi connectivity index (χ0n) is 15.4. The van der Waals surface area contributed by atoms with Gasteiger partial charge >= 0.3 is 0 Å². The average Bonchev–Trinajstić information content (AvgIpc) is 3.10. The predicted octanol–water partition coefficient (Wildman–Crippen LogP) is 7.23. The first-order valence-corrected chi connectivity index (χ1v) is 9.75. The van der Waals surface area contributed by atoms with Crippen LogP contribution in [0.2, 0.25) is 0 Å². The van der Waals surface area contributed by atoms with Crippen LogP contribution in [-0.2, 0) is 0 Å². The summed E-state index contributed by atoms with van der Waals surface area (Å²) in [6.07, 6.45) is 5.42. The maximum Gasteiger partial charge on any atom is -0.0149 e. The van der Waals surface area contributed by atoms with Gasteiger partial charge in [-0.25, -0.2) is 0 Å². The number of hydrogen-bond acceptors (Lipinski definition) is 0. The maximum absolute atomic E-state index is 2.42. The zero-order chi connectivity index (χ0) is 17.2. The highest BCUT2D eigenvalue weighted by atomic mass is 14.3. The molecule has 25 heavy (non-hydrogen) atoms. The normalized spacial score (nSPS) is 21.5. The minimum atomic E-state index is 0.632. The van der Waals surface area contributed by atoms with Crippen LogP contribution in [0.1, 0.15) is 61.1 Å². The lowest BCUT2D eigenvalue weighted by molar-refractivity contribution is 0.456. The van der Waals surface area contributed by atoms with Gasteiger partial charge in [0.1, 0.15) is 0 Å². The van der Waals surface area contributed by atoms with E-state index in [1.165, 1.54) is 47.6 Å². The molecule has 0 aromatic heterocycles. The Bertz CT molecular complexity index is 855. The van der Waals surface area contributed by atoms with Gasteiger partial charge in [0.2, 0.25) is 0 Å². The lowest BCUT2D eigenvalue weighted by Crippen LogP contribution is -2.03. The molecule has 3 atom stereocenters. The lowest BCUT2D eigenvalue weighted by atomic mass is 9.86. The number of benzene rings is 3. The average molecular weight is 328 g/mol. The van der Waals surface area contributed by atoms with Crippen molar-refractivity contribution in [3.8, 4) is 0 Å². The fourth-order valence-corrected chi connectivity index (χ4v) is 4.82. The third-order valence-electron chi connectivity index (χ3n) is 6.10. The summed E-state index contributed by atoms with van der Waals surface area (Å²) in [5, 5.41) is 2.81. The van der Waals surface area contributed by atoms with E-state index in [4.69, 9.17) is 0 Å². The Labute approximate surface area is 151 Å². The topological polar surface area (TPSA) is 0 Å². The molecule has 3 aromatic rings. The van der Waals surface area contributed by atoms with Crippen LogP contribution in [0.4, 0.5) is 0 Å². The molecule has 1 aliphatic rings. The summed E-state index contributed by atoms with van der Waals surface area (Å²) < 4.78 is 0. The SMILES string of the molecule is Cc1cccc([C@@H]2CC[C@H](C[C@H](C)c3cccc4ccccc34)C2)c1. The molecule has 3 aromatic carbocycles. The van der Waals surface area contributed by atoms with Gasteiger partial charge in [0.25, 0.3) is 0 Å². The van der Waals surface area contributed by atoms with E-state index in [1.54, 1.807) is 5.56 Å². The van der Waals surface area contributed by atoms with Gasteiger partial charge < -0.3 is 0 Å². The van der Waals surface area contributed by atoms with Crippen molar-refractivity contribution in [1.29, 1.82) is 0 Å². The molecule has 0 heterocycles. The Morgan fingerprint density at radius 2 is 1.72 bits per heavy atom. The second-order valence-electron chi connectivity index (χ2n) is 8.00. The van der Waals surface area contributed by atoms with Crippen molar-refractivity contribution in [2.24, 2.45) is 5.92 Å². The highest BCUT2D eigenvalue weighted by molar-refractivity contribution is 5.86. The minimum Gasteiger partial charge on any atom is -0.0617 e. The first kappa shape index (κ1) is 16.4. The highest BCUT2D eigenvalue weighted by Crippen LogP contribution is 2.43. The quantitative estimate of drug-likeness (QED) is 0.474. The van der Waals surface area contributed by atoms with Gasteiger partial charge in [0.05, 0.1) is 0 Å². The number of rotatable bonds is 4. The second-order valence-corrected chi connectivity index (χ2v) is 8.00. The fraction of sp³-hybridized carbons (Fsp3) is 0.360. The predicted molar refractivity (Wildman–Crippen MR) is 108 cm³/mol. The van der Waals surface area contributed by atoms with Crippen molar-refractivity contribution in [3.05, 3.63) is 83.4 Å². The van der Waals surface area contributed by atoms with Gasteiger partial charge in [-0.15, -0.1) is 0 Å². The van der Waals surface area contributed by atoms with Gasteiger partial charge in [0, 0.05) is 0 Å². The lowest BCUT2D eigenvalue weighted by Gasteiger charge is -2.19. The summed E-state index contributed by atoms with van der Waals surface area (Å²) in [6.45, 7) is 4.63. The first-order chi connectivity index (χ1) is 12.2. The van der Waals surface area contributed by atoms with E-state index >= 15 is 0 Å². The Morgan fingerprint density at radius 3 is 2.60 bits per heavy atom. The number of hydrogen-bond donors (Lipinski definition) is 0. The molecule has 1 fully saturated rings. The van der Waals surface area contributed by atoms with Gasteiger partial charge in [-0.3, -0.25) is 0 Å². The van der Waals surface area contributed by atoms with E-state index in [1.807, 2.05) is 0 Å². The summed E-state index contributed by atoms with van der Waals surface area (Å²) in [6, 6.07) is 24.8. The Morgan fingerprint density at radius 1 is 0.920 bits per heavy atom. The summed E-state index contributed by atoms with van der Waals surface area (Å²) in [7, 11) is 0. The molecule has 0 aliphatic heterocycles. The first-order valence-electron chi connectivity index (χ1n) is 9.75. The molecular weight excluding hydrogens is 300 g/mol. The molecule has 0 N–H and O–H groups in total. The smallest absolute Gasteiger partial charge is 0.0149 e. The van der Waals surface area contributed by atoms with E-state index in [-0.39, 0.29) is 0 Å². The summed E-state index contributed by atoms with van der Waals surface area (Å²) in [4.78, 5) is 0. The van der Waals surface area contributed by atoms with Crippen molar-refractivity contribution in [1.82, 2.24) is 0 Å². The molecule has 0 saturated heterocycles. The van der Waals surface area contributed by atoms with E-state index < -0.39 is 0 Å². The molecule has 0 unspecified atom stereocenters. The number of aryl methyl sites for hydroxylation is 1. The molecule has 128 valence electrons. The monoisotopic (exact) mass is 328 g/mol. The molecule has 0 amide bonds. The second kappa shape index (κ2) is 7.04. The molecule has 0 bridgehead atoms. The summed E-state index contributed by atoms with van der Waals surface area (Å²) >= 11 is 0. The van der Waals surface area contributed by atoms with Crippen LogP contribution in [0.3, 0.4) is 0 Å². The van der Waals surface area contributed by atoms with Crippen molar-refractivity contribution < 1.29 is 0 Å². The van der Waals surface area contributed by atoms with E-state index in [0.717, 1.165) is 11.8 Å². The largest absolute Gasteiger partial charge is 0.0617 e. The van der Waals surface area contributed by atoms with Gasteiger partial charge in [0.15, 0.2) is 0 Å². The molecule has 1 aliphatic carbocycles. The van der Waals surface area contributed by atoms with E-state index in [2.05, 4.69) is 80.6 Å². The number of fused-ring (bicyclic) bond motifs is 1. The highest BCUT2D eigenvalue weighted by Gasteiger charge is 2.27. The summed E-state index contributed by atoms with van der Waals surface area (Å²) in [5.74, 6) is 2.26. The van der Waals surface area contributed by atoms with Gasteiger partial charge in [-0.1, -0.05) is 79.2 Å². The Hall–Kier alpha value is -2.08. The molecule has 0 heteroatoms. The van der Waals surface area contributed by atoms with E-state index in [9.17, 15) is 0 Å². The van der Waals surface area contributed by atoms with Crippen LogP contribution in [-0.4, -0.2) is 0 Å². The van der Waals surface area contributed by atoms with Crippen molar-refractivity contribution >= 4 is 10.8 Å². The van der Waals surface area contributed by atoms with Crippen LogP contribution >= 0.6 is 0 Å². The van der Waals surface area contributed by atoms with Crippen LogP contribution in [0.15, 0.2) is 66.7 Å². The van der Waals surface area contributed by atoms with Crippen LogP contribution < -0.4 is 0 Å². The Balaban J connectivity index is 1.47. The summed E-state index contributed by atoms with van der Waals surface area (Å²) in [5.41, 5.74) is 4.47. The van der Waals surface area contributed by atoms with Gasteiger partial charge in [-0.05, 0) is 72.3 Å². The standard InChI is InChI=1S/C25H28/c1-18-7-5-10-22(15-18)23-14-13-20(17-23)16-19(2)24-12-6-9-21-8-3-4-11-25(21)24/h3-12,15,19-20,23H,13-14,16-17H2,1-2H3/t19-,20+,23+/m0/s1. The molecular formula is C25H28. The van der Waals surface area contributed by atoms with Crippen LogP contribution in [0, 0.1) is 12.8 Å². The third kappa shape index (κ3) is 3.49. The minimum absolute atomic E-state index is 0.632. The molecule has 0 radical (unpaired) electrons. The van der Waals surface area contributed by atoms with Gasteiger partial charge in [-0.2, -0.15) is 0 Å². The van der Waals surface area contributed by atoms with Crippen LogP contribution in [0.25, 0.3) is 10.8 Å². The molecule has 1 saturated carbocycles. The zero-order valence-corrected chi connectivity index (χ0v) is 15.4. The maximum atomic E-state index is 2.42. The van der Waals surface area contributed by atoms with Crippen molar-refractivity contribution in [2.75, 3.05) is 0 Å². The van der Waals surface area contributed by atoms with E-state index in [0.29, 0.717) is 5.92 Å². The third-order valence-corrected chi connectivity index (χ3v) is 6.10. The van der Waals surface area contributed by atoms with Crippen molar-refractivity contribution in [3.63, 3.8) is 0 Å². The Kier molecular flexibility index (Phi) is 4.61. The molecule has 0 nitrogen and oxygen atoms in total. The molecule has 4 rings (SSSR count). The van der Waals surface area contributed by atoms with Crippen LogP contribution in [0.5, 0.6) is 0 Å². The molecule has 0 spiro atoms.